The lowest BCUT2D eigenvalue weighted by Crippen LogP contribution is -2.38. The first-order chi connectivity index (χ1) is 14.7. The van der Waals surface area contributed by atoms with Gasteiger partial charge >= 0.3 is 5.69 Å². The molecule has 2 aromatic carbocycles. The van der Waals surface area contributed by atoms with Gasteiger partial charge in [-0.3, -0.25) is 4.90 Å². The van der Waals surface area contributed by atoms with Gasteiger partial charge in [-0.2, -0.15) is 5.10 Å². The van der Waals surface area contributed by atoms with Crippen LogP contribution >= 0.6 is 0 Å². The van der Waals surface area contributed by atoms with Crippen LogP contribution in [0.2, 0.25) is 0 Å². The van der Waals surface area contributed by atoms with E-state index < -0.39 is 0 Å². The normalized spacial score (nSPS) is 15.1. The monoisotopic (exact) mass is 404 g/mol. The van der Waals surface area contributed by atoms with E-state index in [1.807, 2.05) is 31.2 Å². The lowest BCUT2D eigenvalue weighted by atomic mass is 10.0. The van der Waals surface area contributed by atoms with Crippen molar-refractivity contribution in [3.63, 3.8) is 0 Å². The highest BCUT2D eigenvalue weighted by molar-refractivity contribution is 5.89. The third-order valence-corrected chi connectivity index (χ3v) is 5.67. The Morgan fingerprint density at radius 3 is 2.63 bits per heavy atom. The van der Waals surface area contributed by atoms with Crippen LogP contribution in [-0.2, 0) is 4.74 Å². The number of pyridine rings is 1. The zero-order valence-corrected chi connectivity index (χ0v) is 16.9. The Hall–Kier alpha value is -3.16. The summed E-state index contributed by atoms with van der Waals surface area (Å²) in [6.07, 6.45) is 0. The van der Waals surface area contributed by atoms with Crippen LogP contribution in [0.15, 0.2) is 53.3 Å². The zero-order chi connectivity index (χ0) is 20.5. The second-order valence-corrected chi connectivity index (χ2v) is 7.61. The van der Waals surface area contributed by atoms with E-state index >= 15 is 0 Å². The Labute approximate surface area is 173 Å². The molecule has 154 valence electrons. The molecule has 1 N–H and O–H groups in total. The fourth-order valence-electron chi connectivity index (χ4n) is 4.00. The van der Waals surface area contributed by atoms with Crippen LogP contribution in [0.1, 0.15) is 5.56 Å². The topological polar surface area (TPSA) is 71.9 Å². The van der Waals surface area contributed by atoms with Crippen molar-refractivity contribution in [2.75, 3.05) is 39.5 Å². The number of nitrogens with one attached hydrogen (secondary N) is 1. The molecule has 0 radical (unpaired) electrons. The smallest absolute Gasteiger partial charge is 0.348 e. The highest BCUT2D eigenvalue weighted by Gasteiger charge is 2.11. The summed E-state index contributed by atoms with van der Waals surface area (Å²) in [4.78, 5) is 14.6. The average molecular weight is 404 g/mol. The Balaban J connectivity index is 1.37. The molecular formula is C23H24N4O3. The molecule has 1 saturated heterocycles. The molecule has 0 saturated carbocycles. The minimum atomic E-state index is -0.226. The summed E-state index contributed by atoms with van der Waals surface area (Å²) >= 11 is 0. The number of morpholine rings is 1. The third kappa shape index (κ3) is 3.58. The van der Waals surface area contributed by atoms with Gasteiger partial charge < -0.3 is 9.47 Å². The van der Waals surface area contributed by atoms with Crippen LogP contribution < -0.4 is 10.4 Å². The highest BCUT2D eigenvalue weighted by atomic mass is 16.5. The molecule has 0 spiro atoms. The van der Waals surface area contributed by atoms with Crippen molar-refractivity contribution in [3.8, 4) is 16.9 Å². The summed E-state index contributed by atoms with van der Waals surface area (Å²) in [6.45, 7) is 7.15. The minimum Gasteiger partial charge on any atom is -0.492 e. The van der Waals surface area contributed by atoms with Crippen molar-refractivity contribution in [2.24, 2.45) is 0 Å². The first-order valence-electron chi connectivity index (χ1n) is 10.2. The van der Waals surface area contributed by atoms with Crippen molar-refractivity contribution < 1.29 is 9.47 Å². The highest BCUT2D eigenvalue weighted by Crippen LogP contribution is 2.28. The van der Waals surface area contributed by atoms with E-state index in [4.69, 9.17) is 9.47 Å². The number of fused-ring (bicyclic) bond motifs is 3. The quantitative estimate of drug-likeness (QED) is 0.554. The van der Waals surface area contributed by atoms with Crippen molar-refractivity contribution in [2.45, 2.75) is 6.92 Å². The molecule has 0 unspecified atom stereocenters. The maximum absolute atomic E-state index is 12.2. The lowest BCUT2D eigenvalue weighted by Gasteiger charge is -2.26. The fraction of sp³-hybridized carbons (Fsp3) is 0.304. The second-order valence-electron chi connectivity index (χ2n) is 7.61. The lowest BCUT2D eigenvalue weighted by molar-refractivity contribution is 0.0322. The van der Waals surface area contributed by atoms with Gasteiger partial charge in [0.1, 0.15) is 12.4 Å². The number of aryl methyl sites for hydroxylation is 1. The predicted octanol–water partition coefficient (Wildman–Crippen LogP) is 2.86. The summed E-state index contributed by atoms with van der Waals surface area (Å²) in [6, 6.07) is 16.2. The van der Waals surface area contributed by atoms with Gasteiger partial charge in [-0.15, -0.1) is 0 Å². The third-order valence-electron chi connectivity index (χ3n) is 5.67. The second kappa shape index (κ2) is 7.93. The van der Waals surface area contributed by atoms with Crippen LogP contribution in [0.5, 0.6) is 5.75 Å². The number of nitrogens with zero attached hydrogens (tertiary/aromatic N) is 3. The number of hydrogen-bond acceptors (Lipinski definition) is 5. The van der Waals surface area contributed by atoms with E-state index in [1.54, 1.807) is 4.40 Å². The van der Waals surface area contributed by atoms with Gasteiger partial charge in [0.2, 0.25) is 0 Å². The molecule has 1 aliphatic rings. The Kier molecular flexibility index (Phi) is 4.98. The molecule has 2 aromatic heterocycles. The fourth-order valence-corrected chi connectivity index (χ4v) is 4.00. The zero-order valence-electron chi connectivity index (χ0n) is 16.9. The number of H-pyrrole nitrogens is 1. The molecule has 4 aromatic rings. The van der Waals surface area contributed by atoms with E-state index in [2.05, 4.69) is 39.4 Å². The maximum Gasteiger partial charge on any atom is 0.348 e. The Bertz CT molecular complexity index is 1240. The molecule has 5 rings (SSSR count). The largest absolute Gasteiger partial charge is 0.492 e. The van der Waals surface area contributed by atoms with Crippen LogP contribution in [0.3, 0.4) is 0 Å². The maximum atomic E-state index is 12.2. The van der Waals surface area contributed by atoms with Crippen LogP contribution in [-0.4, -0.2) is 59.0 Å². The molecular weight excluding hydrogens is 380 g/mol. The van der Waals surface area contributed by atoms with Gasteiger partial charge in [0.15, 0.2) is 5.65 Å². The SMILES string of the molecule is Cc1cc2n[nH]c(=O)n2c2cc(-c3ccc(OCCN4CCOCC4)cc3)ccc12. The van der Waals surface area contributed by atoms with Crippen LogP contribution in [0.4, 0.5) is 0 Å². The first-order valence-corrected chi connectivity index (χ1v) is 10.2. The van der Waals surface area contributed by atoms with Crippen molar-refractivity contribution in [3.05, 3.63) is 64.6 Å². The number of benzene rings is 2. The van der Waals surface area contributed by atoms with Gasteiger partial charge in [0.25, 0.3) is 0 Å². The molecule has 0 amide bonds. The molecule has 1 fully saturated rings. The number of aromatic amines is 1. The Morgan fingerprint density at radius 2 is 1.83 bits per heavy atom. The standard InChI is InChI=1S/C23H24N4O3/c1-16-14-22-24-25-23(28)27(22)21-15-18(4-7-20(16)21)17-2-5-19(6-3-17)30-13-10-26-8-11-29-12-9-26/h2-7,14-15H,8-13H2,1H3,(H,25,28). The van der Waals surface area contributed by atoms with Gasteiger partial charge in [0, 0.05) is 25.0 Å². The number of hydrogen-bond donors (Lipinski definition) is 1. The van der Waals surface area contributed by atoms with Gasteiger partial charge in [0.05, 0.1) is 18.7 Å². The van der Waals surface area contributed by atoms with E-state index in [0.717, 1.165) is 66.2 Å². The predicted molar refractivity (Wildman–Crippen MR) is 116 cm³/mol. The van der Waals surface area contributed by atoms with E-state index in [9.17, 15) is 4.79 Å². The average Bonchev–Trinajstić information content (AvgIpc) is 3.15. The molecule has 1 aliphatic heterocycles. The van der Waals surface area contributed by atoms with Crippen molar-refractivity contribution in [1.82, 2.24) is 19.5 Å². The molecule has 0 atom stereocenters. The van der Waals surface area contributed by atoms with E-state index in [-0.39, 0.29) is 5.69 Å². The molecule has 30 heavy (non-hydrogen) atoms. The summed E-state index contributed by atoms with van der Waals surface area (Å²) in [7, 11) is 0. The molecule has 0 aliphatic carbocycles. The molecule has 7 nitrogen and oxygen atoms in total. The van der Waals surface area contributed by atoms with Gasteiger partial charge in [-0.1, -0.05) is 24.3 Å². The van der Waals surface area contributed by atoms with Crippen molar-refractivity contribution in [1.29, 1.82) is 0 Å². The summed E-state index contributed by atoms with van der Waals surface area (Å²) in [5.41, 5.74) is 4.47. The van der Waals surface area contributed by atoms with Crippen LogP contribution in [0, 0.1) is 6.92 Å². The first kappa shape index (κ1) is 18.8. The van der Waals surface area contributed by atoms with Gasteiger partial charge in [-0.25, -0.2) is 14.3 Å². The van der Waals surface area contributed by atoms with Gasteiger partial charge in [-0.05, 0) is 47.9 Å². The molecule has 0 bridgehead atoms. The molecule has 7 heteroatoms. The summed E-state index contributed by atoms with van der Waals surface area (Å²) in [5, 5.41) is 7.68. The summed E-state index contributed by atoms with van der Waals surface area (Å²) in [5.74, 6) is 0.858. The summed E-state index contributed by atoms with van der Waals surface area (Å²) < 4.78 is 12.9. The minimum absolute atomic E-state index is 0.226. The number of rotatable bonds is 5. The molecule has 3 heterocycles. The Morgan fingerprint density at radius 1 is 1.07 bits per heavy atom. The van der Waals surface area contributed by atoms with E-state index in [1.165, 1.54) is 0 Å². The van der Waals surface area contributed by atoms with E-state index in [0.29, 0.717) is 12.3 Å². The van der Waals surface area contributed by atoms with Crippen molar-refractivity contribution >= 4 is 16.6 Å². The van der Waals surface area contributed by atoms with Crippen LogP contribution in [0.25, 0.3) is 27.7 Å². The number of ether oxygens (including phenoxy) is 2. The number of aromatic nitrogens is 3.